The normalized spacial score (nSPS) is 11.8. The van der Waals surface area contributed by atoms with Gasteiger partial charge in [-0.15, -0.1) is 0 Å². The monoisotopic (exact) mass is 290 g/mol. The number of amides is 1. The summed E-state index contributed by atoms with van der Waals surface area (Å²) in [5, 5.41) is 9.72. The van der Waals surface area contributed by atoms with Crippen molar-refractivity contribution in [1.29, 1.82) is 0 Å². The van der Waals surface area contributed by atoms with E-state index in [1.54, 1.807) is 32.2 Å². The zero-order valence-electron chi connectivity index (χ0n) is 12.4. The van der Waals surface area contributed by atoms with Crippen LogP contribution in [-0.4, -0.2) is 23.2 Å². The Morgan fingerprint density at radius 3 is 2.76 bits per heavy atom. The molecule has 1 amide bonds. The van der Waals surface area contributed by atoms with E-state index in [0.29, 0.717) is 23.2 Å². The van der Waals surface area contributed by atoms with Crippen LogP contribution in [0.25, 0.3) is 0 Å². The van der Waals surface area contributed by atoms with Crippen LogP contribution in [0.5, 0.6) is 5.75 Å². The molecule has 0 aliphatic rings. The van der Waals surface area contributed by atoms with Gasteiger partial charge in [-0.2, -0.15) is 4.98 Å². The van der Waals surface area contributed by atoms with Crippen molar-refractivity contribution < 1.29 is 14.1 Å². The first-order valence-corrected chi connectivity index (χ1v) is 6.52. The van der Waals surface area contributed by atoms with Crippen molar-refractivity contribution in [3.63, 3.8) is 0 Å². The number of rotatable bonds is 5. The van der Waals surface area contributed by atoms with Crippen LogP contribution in [0.4, 0.5) is 11.4 Å². The molecule has 0 saturated carbocycles. The standard InChI is InChI=1S/C14H18N4O3/c1-8(14-16-9(2)18-21-14)15-12-7-11(17-10(3)19)5-6-13(12)20-4/h5-8,15H,1-4H3,(H,17,19). The Hall–Kier alpha value is -2.57. The number of carbonyl (C=O) groups excluding carboxylic acids is 1. The number of aryl methyl sites for hydroxylation is 1. The van der Waals surface area contributed by atoms with Gasteiger partial charge in [0.1, 0.15) is 11.8 Å². The predicted octanol–water partition coefficient (Wildman–Crippen LogP) is 2.52. The fraction of sp³-hybridized carbons (Fsp3) is 0.357. The van der Waals surface area contributed by atoms with Gasteiger partial charge in [0.05, 0.1) is 12.8 Å². The molecule has 2 aromatic rings. The van der Waals surface area contributed by atoms with E-state index >= 15 is 0 Å². The number of ether oxygens (including phenoxy) is 1. The summed E-state index contributed by atoms with van der Waals surface area (Å²) in [5.74, 6) is 1.59. The summed E-state index contributed by atoms with van der Waals surface area (Å²) < 4.78 is 10.4. The molecular weight excluding hydrogens is 272 g/mol. The molecule has 1 aromatic carbocycles. The van der Waals surface area contributed by atoms with E-state index in [2.05, 4.69) is 20.8 Å². The van der Waals surface area contributed by atoms with Gasteiger partial charge in [0.2, 0.25) is 11.8 Å². The summed E-state index contributed by atoms with van der Waals surface area (Å²) in [7, 11) is 1.58. The molecule has 2 N–H and O–H groups in total. The first-order valence-electron chi connectivity index (χ1n) is 6.52. The van der Waals surface area contributed by atoms with Gasteiger partial charge in [-0.05, 0) is 32.0 Å². The van der Waals surface area contributed by atoms with Crippen LogP contribution in [0.3, 0.4) is 0 Å². The van der Waals surface area contributed by atoms with Crippen LogP contribution >= 0.6 is 0 Å². The van der Waals surface area contributed by atoms with Gasteiger partial charge in [0.15, 0.2) is 5.82 Å². The lowest BCUT2D eigenvalue weighted by Crippen LogP contribution is -2.10. The molecular formula is C14H18N4O3. The highest BCUT2D eigenvalue weighted by molar-refractivity contribution is 5.89. The number of hydrogen-bond acceptors (Lipinski definition) is 6. The number of nitrogens with zero attached hydrogens (tertiary/aromatic N) is 2. The van der Waals surface area contributed by atoms with E-state index in [-0.39, 0.29) is 11.9 Å². The molecule has 2 rings (SSSR count). The van der Waals surface area contributed by atoms with Crippen molar-refractivity contribution >= 4 is 17.3 Å². The molecule has 0 aliphatic carbocycles. The summed E-state index contributed by atoms with van der Waals surface area (Å²) in [5.41, 5.74) is 1.41. The summed E-state index contributed by atoms with van der Waals surface area (Å²) in [6.07, 6.45) is 0. The SMILES string of the molecule is COc1ccc(NC(C)=O)cc1NC(C)c1nc(C)no1. The zero-order valence-corrected chi connectivity index (χ0v) is 12.4. The summed E-state index contributed by atoms with van der Waals surface area (Å²) >= 11 is 0. The molecule has 0 fully saturated rings. The van der Waals surface area contributed by atoms with Gasteiger partial charge in [-0.25, -0.2) is 0 Å². The third-order valence-electron chi connectivity index (χ3n) is 2.81. The maximum absolute atomic E-state index is 11.1. The van der Waals surface area contributed by atoms with Gasteiger partial charge < -0.3 is 19.9 Å². The molecule has 7 heteroatoms. The first kappa shape index (κ1) is 14.8. The Morgan fingerprint density at radius 1 is 1.43 bits per heavy atom. The third-order valence-corrected chi connectivity index (χ3v) is 2.81. The molecule has 1 atom stereocenters. The second kappa shape index (κ2) is 6.25. The van der Waals surface area contributed by atoms with Crippen LogP contribution < -0.4 is 15.4 Å². The lowest BCUT2D eigenvalue weighted by Gasteiger charge is -2.16. The molecule has 1 heterocycles. The second-order valence-corrected chi connectivity index (χ2v) is 4.64. The Morgan fingerprint density at radius 2 is 2.19 bits per heavy atom. The van der Waals surface area contributed by atoms with Crippen molar-refractivity contribution in [2.45, 2.75) is 26.8 Å². The number of carbonyl (C=O) groups is 1. The molecule has 0 spiro atoms. The van der Waals surface area contributed by atoms with Crippen LogP contribution in [-0.2, 0) is 4.79 Å². The van der Waals surface area contributed by atoms with E-state index in [9.17, 15) is 4.79 Å². The molecule has 0 saturated heterocycles. The van der Waals surface area contributed by atoms with Gasteiger partial charge >= 0.3 is 0 Å². The van der Waals surface area contributed by atoms with Crippen molar-refractivity contribution in [3.8, 4) is 5.75 Å². The molecule has 21 heavy (non-hydrogen) atoms. The number of nitrogens with one attached hydrogen (secondary N) is 2. The smallest absolute Gasteiger partial charge is 0.248 e. The highest BCUT2D eigenvalue weighted by Gasteiger charge is 2.15. The maximum Gasteiger partial charge on any atom is 0.248 e. The molecule has 1 unspecified atom stereocenters. The van der Waals surface area contributed by atoms with Gasteiger partial charge in [0.25, 0.3) is 0 Å². The van der Waals surface area contributed by atoms with E-state index in [1.165, 1.54) is 6.92 Å². The zero-order chi connectivity index (χ0) is 15.4. The van der Waals surface area contributed by atoms with E-state index < -0.39 is 0 Å². The molecule has 7 nitrogen and oxygen atoms in total. The Labute approximate surface area is 122 Å². The number of benzene rings is 1. The Balaban J connectivity index is 2.22. The minimum Gasteiger partial charge on any atom is -0.495 e. The average molecular weight is 290 g/mol. The van der Waals surface area contributed by atoms with Crippen molar-refractivity contribution in [2.24, 2.45) is 0 Å². The quantitative estimate of drug-likeness (QED) is 0.879. The lowest BCUT2D eigenvalue weighted by atomic mass is 10.2. The molecule has 0 radical (unpaired) electrons. The van der Waals surface area contributed by atoms with Gasteiger partial charge in [-0.1, -0.05) is 5.16 Å². The maximum atomic E-state index is 11.1. The molecule has 0 aliphatic heterocycles. The van der Waals surface area contributed by atoms with E-state index in [0.717, 1.165) is 5.69 Å². The largest absolute Gasteiger partial charge is 0.495 e. The lowest BCUT2D eigenvalue weighted by molar-refractivity contribution is -0.114. The predicted molar refractivity (Wildman–Crippen MR) is 78.4 cm³/mol. The van der Waals surface area contributed by atoms with E-state index in [4.69, 9.17) is 9.26 Å². The summed E-state index contributed by atoms with van der Waals surface area (Å²) in [6, 6.07) is 5.15. The second-order valence-electron chi connectivity index (χ2n) is 4.64. The Bertz CT molecular complexity index is 639. The van der Waals surface area contributed by atoms with Crippen molar-refractivity contribution in [2.75, 3.05) is 17.7 Å². The minimum atomic E-state index is -0.187. The van der Waals surface area contributed by atoms with Crippen LogP contribution in [0.15, 0.2) is 22.7 Å². The first-order chi connectivity index (χ1) is 9.99. The topological polar surface area (TPSA) is 89.3 Å². The summed E-state index contributed by atoms with van der Waals surface area (Å²) in [4.78, 5) is 15.3. The molecule has 1 aromatic heterocycles. The van der Waals surface area contributed by atoms with E-state index in [1.807, 2.05) is 6.92 Å². The van der Waals surface area contributed by atoms with Gasteiger partial charge in [0, 0.05) is 12.6 Å². The molecule has 112 valence electrons. The van der Waals surface area contributed by atoms with Crippen molar-refractivity contribution in [3.05, 3.63) is 29.9 Å². The summed E-state index contributed by atoms with van der Waals surface area (Å²) in [6.45, 7) is 5.12. The van der Waals surface area contributed by atoms with Crippen LogP contribution in [0.2, 0.25) is 0 Å². The average Bonchev–Trinajstić information content (AvgIpc) is 2.85. The third kappa shape index (κ3) is 3.71. The number of aromatic nitrogens is 2. The number of hydrogen-bond donors (Lipinski definition) is 2. The highest BCUT2D eigenvalue weighted by atomic mass is 16.5. The van der Waals surface area contributed by atoms with Crippen molar-refractivity contribution in [1.82, 2.24) is 10.1 Å². The van der Waals surface area contributed by atoms with Gasteiger partial charge in [-0.3, -0.25) is 4.79 Å². The van der Waals surface area contributed by atoms with Crippen LogP contribution in [0.1, 0.15) is 31.6 Å². The highest BCUT2D eigenvalue weighted by Crippen LogP contribution is 2.30. The molecule has 0 bridgehead atoms. The fourth-order valence-electron chi connectivity index (χ4n) is 1.89. The minimum absolute atomic E-state index is 0.133. The number of anilines is 2. The fourth-order valence-corrected chi connectivity index (χ4v) is 1.89. The number of methoxy groups -OCH3 is 1. The van der Waals surface area contributed by atoms with Crippen LogP contribution in [0, 0.1) is 6.92 Å². The Kier molecular flexibility index (Phi) is 4.42.